The van der Waals surface area contributed by atoms with E-state index in [1.807, 2.05) is 6.92 Å². The van der Waals surface area contributed by atoms with Gasteiger partial charge in [-0.1, -0.05) is 6.92 Å². The van der Waals surface area contributed by atoms with E-state index in [-0.39, 0.29) is 5.69 Å². The number of pyridine rings is 1. The van der Waals surface area contributed by atoms with E-state index in [1.54, 1.807) is 0 Å². The molecule has 0 aliphatic carbocycles. The van der Waals surface area contributed by atoms with Gasteiger partial charge in [-0.25, -0.2) is 4.98 Å². The molecule has 0 fully saturated rings. The highest BCUT2D eigenvalue weighted by molar-refractivity contribution is 5.48. The fourth-order valence-corrected chi connectivity index (χ4v) is 1.42. The standard InChI is InChI=1S/C11H18N4O2/c1-3-4-12-5-6-13-11-9(2)7-10(8-14-11)15(16)17/h7-8,12H,3-6H2,1-2H3,(H,13,14). The number of nitrogens with zero attached hydrogens (tertiary/aromatic N) is 2. The summed E-state index contributed by atoms with van der Waals surface area (Å²) in [7, 11) is 0. The van der Waals surface area contributed by atoms with Gasteiger partial charge in [0.05, 0.1) is 4.92 Å². The van der Waals surface area contributed by atoms with Gasteiger partial charge in [0.1, 0.15) is 12.0 Å². The quantitative estimate of drug-likeness (QED) is 0.429. The topological polar surface area (TPSA) is 80.1 Å². The lowest BCUT2D eigenvalue weighted by atomic mass is 10.2. The Labute approximate surface area is 101 Å². The summed E-state index contributed by atoms with van der Waals surface area (Å²) >= 11 is 0. The number of rotatable bonds is 7. The summed E-state index contributed by atoms with van der Waals surface area (Å²) < 4.78 is 0. The van der Waals surface area contributed by atoms with Crippen molar-refractivity contribution < 1.29 is 4.92 Å². The minimum Gasteiger partial charge on any atom is -0.369 e. The molecule has 0 unspecified atom stereocenters. The third-order valence-electron chi connectivity index (χ3n) is 2.30. The monoisotopic (exact) mass is 238 g/mol. The van der Waals surface area contributed by atoms with E-state index in [0.717, 1.165) is 31.6 Å². The molecule has 17 heavy (non-hydrogen) atoms. The number of nitro groups is 1. The van der Waals surface area contributed by atoms with Crippen molar-refractivity contribution in [3.05, 3.63) is 27.9 Å². The zero-order valence-electron chi connectivity index (χ0n) is 10.2. The third-order valence-corrected chi connectivity index (χ3v) is 2.30. The first kappa shape index (κ1) is 13.4. The lowest BCUT2D eigenvalue weighted by molar-refractivity contribution is -0.385. The second-order valence-corrected chi connectivity index (χ2v) is 3.79. The van der Waals surface area contributed by atoms with Crippen molar-refractivity contribution in [3.63, 3.8) is 0 Å². The van der Waals surface area contributed by atoms with Gasteiger partial charge in [0.15, 0.2) is 0 Å². The van der Waals surface area contributed by atoms with Crippen molar-refractivity contribution in [2.24, 2.45) is 0 Å². The van der Waals surface area contributed by atoms with E-state index in [9.17, 15) is 10.1 Å². The summed E-state index contributed by atoms with van der Waals surface area (Å²) in [5.74, 6) is 0.703. The second-order valence-electron chi connectivity index (χ2n) is 3.79. The van der Waals surface area contributed by atoms with Crippen molar-refractivity contribution in [3.8, 4) is 0 Å². The predicted octanol–water partition coefficient (Wildman–Crippen LogP) is 1.71. The van der Waals surface area contributed by atoms with Crippen molar-refractivity contribution in [2.45, 2.75) is 20.3 Å². The number of nitrogens with one attached hydrogen (secondary N) is 2. The number of anilines is 1. The van der Waals surface area contributed by atoms with Gasteiger partial charge in [-0.3, -0.25) is 10.1 Å². The van der Waals surface area contributed by atoms with Gasteiger partial charge in [0.2, 0.25) is 0 Å². The highest BCUT2D eigenvalue weighted by atomic mass is 16.6. The van der Waals surface area contributed by atoms with Gasteiger partial charge in [-0.15, -0.1) is 0 Å². The van der Waals surface area contributed by atoms with Crippen LogP contribution in [0.15, 0.2) is 12.3 Å². The predicted molar refractivity (Wildman–Crippen MR) is 67.3 cm³/mol. The number of hydrogen-bond acceptors (Lipinski definition) is 5. The average Bonchev–Trinajstić information content (AvgIpc) is 2.30. The van der Waals surface area contributed by atoms with Crippen LogP contribution >= 0.6 is 0 Å². The Balaban J connectivity index is 2.46. The molecular formula is C11H18N4O2. The molecule has 6 heteroatoms. The van der Waals surface area contributed by atoms with Gasteiger partial charge in [-0.2, -0.15) is 0 Å². The fraction of sp³-hybridized carbons (Fsp3) is 0.545. The normalized spacial score (nSPS) is 10.2. The molecule has 0 spiro atoms. The Hall–Kier alpha value is -1.69. The van der Waals surface area contributed by atoms with Gasteiger partial charge in [-0.05, 0) is 25.5 Å². The molecule has 0 aliphatic rings. The third kappa shape index (κ3) is 4.36. The minimum atomic E-state index is -0.438. The number of aromatic nitrogens is 1. The van der Waals surface area contributed by atoms with E-state index < -0.39 is 4.92 Å². The van der Waals surface area contributed by atoms with E-state index in [4.69, 9.17) is 0 Å². The van der Waals surface area contributed by atoms with Crippen LogP contribution < -0.4 is 10.6 Å². The molecule has 0 saturated carbocycles. The Morgan fingerprint density at radius 3 is 2.76 bits per heavy atom. The van der Waals surface area contributed by atoms with Gasteiger partial charge >= 0.3 is 0 Å². The first-order chi connectivity index (χ1) is 8.15. The molecule has 0 amide bonds. The maximum absolute atomic E-state index is 10.5. The molecule has 6 nitrogen and oxygen atoms in total. The van der Waals surface area contributed by atoms with Gasteiger partial charge < -0.3 is 10.6 Å². The Kier molecular flexibility index (Phi) is 5.35. The maximum Gasteiger partial charge on any atom is 0.287 e. The average molecular weight is 238 g/mol. The van der Waals surface area contributed by atoms with Crippen molar-refractivity contribution in [2.75, 3.05) is 25.0 Å². The first-order valence-corrected chi connectivity index (χ1v) is 5.70. The summed E-state index contributed by atoms with van der Waals surface area (Å²) in [6.07, 6.45) is 2.38. The lowest BCUT2D eigenvalue weighted by Crippen LogP contribution is -2.23. The molecule has 0 radical (unpaired) electrons. The highest BCUT2D eigenvalue weighted by Gasteiger charge is 2.08. The van der Waals surface area contributed by atoms with Crippen molar-refractivity contribution in [1.29, 1.82) is 0 Å². The fourth-order valence-electron chi connectivity index (χ4n) is 1.42. The van der Waals surface area contributed by atoms with E-state index >= 15 is 0 Å². The molecule has 1 rings (SSSR count). The molecule has 94 valence electrons. The van der Waals surface area contributed by atoms with E-state index in [2.05, 4.69) is 22.5 Å². The molecular weight excluding hydrogens is 220 g/mol. The Bertz CT molecular complexity index is 382. The number of aryl methyl sites for hydroxylation is 1. The zero-order valence-corrected chi connectivity index (χ0v) is 10.2. The van der Waals surface area contributed by atoms with Crippen LogP contribution in [0, 0.1) is 17.0 Å². The minimum absolute atomic E-state index is 0.0251. The van der Waals surface area contributed by atoms with E-state index in [1.165, 1.54) is 12.3 Å². The van der Waals surface area contributed by atoms with Crippen molar-refractivity contribution in [1.82, 2.24) is 10.3 Å². The molecule has 1 aromatic heterocycles. The summed E-state index contributed by atoms with van der Waals surface area (Å²) in [5.41, 5.74) is 0.812. The van der Waals surface area contributed by atoms with Crippen LogP contribution in [0.1, 0.15) is 18.9 Å². The molecule has 0 aliphatic heterocycles. The maximum atomic E-state index is 10.5. The van der Waals surface area contributed by atoms with E-state index in [0.29, 0.717) is 5.82 Å². The van der Waals surface area contributed by atoms with Gasteiger partial charge in [0, 0.05) is 19.2 Å². The Morgan fingerprint density at radius 2 is 2.18 bits per heavy atom. The lowest BCUT2D eigenvalue weighted by Gasteiger charge is -2.08. The van der Waals surface area contributed by atoms with Crippen molar-refractivity contribution >= 4 is 11.5 Å². The molecule has 0 saturated heterocycles. The van der Waals surface area contributed by atoms with Crippen LogP contribution in [0.5, 0.6) is 0 Å². The molecule has 2 N–H and O–H groups in total. The highest BCUT2D eigenvalue weighted by Crippen LogP contribution is 2.17. The van der Waals surface area contributed by atoms with Crippen LogP contribution in [0.3, 0.4) is 0 Å². The zero-order chi connectivity index (χ0) is 12.7. The number of hydrogen-bond donors (Lipinski definition) is 2. The van der Waals surface area contributed by atoms with Crippen LogP contribution in [-0.4, -0.2) is 29.5 Å². The summed E-state index contributed by atoms with van der Waals surface area (Å²) in [5, 5.41) is 16.9. The molecule has 1 aromatic rings. The Morgan fingerprint density at radius 1 is 1.41 bits per heavy atom. The molecule has 0 bridgehead atoms. The molecule has 0 aromatic carbocycles. The van der Waals surface area contributed by atoms with Crippen LogP contribution in [0.25, 0.3) is 0 Å². The van der Waals surface area contributed by atoms with Crippen LogP contribution in [0.2, 0.25) is 0 Å². The molecule has 1 heterocycles. The van der Waals surface area contributed by atoms with Crippen LogP contribution in [0.4, 0.5) is 11.5 Å². The second kappa shape index (κ2) is 6.80. The van der Waals surface area contributed by atoms with Crippen LogP contribution in [-0.2, 0) is 0 Å². The first-order valence-electron chi connectivity index (χ1n) is 5.70. The summed E-state index contributed by atoms with van der Waals surface area (Å²) in [6.45, 7) is 6.52. The summed E-state index contributed by atoms with van der Waals surface area (Å²) in [6, 6.07) is 1.52. The SMILES string of the molecule is CCCNCCNc1ncc([N+](=O)[O-])cc1C. The van der Waals surface area contributed by atoms with Gasteiger partial charge in [0.25, 0.3) is 5.69 Å². The molecule has 0 atom stereocenters. The smallest absolute Gasteiger partial charge is 0.287 e. The largest absolute Gasteiger partial charge is 0.369 e. The summed E-state index contributed by atoms with van der Waals surface area (Å²) in [4.78, 5) is 14.1.